The van der Waals surface area contributed by atoms with Crippen LogP contribution in [0.15, 0.2) is 53.0 Å². The maximum atomic E-state index is 12.9. The Bertz CT molecular complexity index is 895. The van der Waals surface area contributed by atoms with Gasteiger partial charge in [-0.3, -0.25) is 4.79 Å². The van der Waals surface area contributed by atoms with E-state index in [0.29, 0.717) is 31.0 Å². The molecule has 3 N–H and O–H groups in total. The van der Waals surface area contributed by atoms with Crippen LogP contribution in [0.4, 0.5) is 10.5 Å². The van der Waals surface area contributed by atoms with Gasteiger partial charge in [0, 0.05) is 46.9 Å². The molecule has 0 atom stereocenters. The zero-order chi connectivity index (χ0) is 21.6. The number of halogens is 1. The molecular formula is C23H28BrN3O3. The molecule has 1 heterocycles. The molecule has 0 aromatic heterocycles. The third-order valence-electron chi connectivity index (χ3n) is 5.28. The van der Waals surface area contributed by atoms with Crippen molar-refractivity contribution in [3.63, 3.8) is 0 Å². The molecule has 0 spiro atoms. The summed E-state index contributed by atoms with van der Waals surface area (Å²) in [7, 11) is 0. The van der Waals surface area contributed by atoms with E-state index in [4.69, 9.17) is 4.74 Å². The lowest BCUT2D eigenvalue weighted by Gasteiger charge is -2.38. The fraction of sp³-hybridized carbons (Fsp3) is 0.391. The molecule has 1 aliphatic heterocycles. The quantitative estimate of drug-likeness (QED) is 0.579. The van der Waals surface area contributed by atoms with Crippen molar-refractivity contribution in [1.29, 1.82) is 0 Å². The lowest BCUT2D eigenvalue weighted by atomic mass is 9.74. The predicted octanol–water partition coefficient (Wildman–Crippen LogP) is 4.46. The third-order valence-corrected chi connectivity index (χ3v) is 5.77. The van der Waals surface area contributed by atoms with Gasteiger partial charge < -0.3 is 20.7 Å². The number of hydrogen-bond acceptors (Lipinski definition) is 3. The van der Waals surface area contributed by atoms with Gasteiger partial charge >= 0.3 is 6.03 Å². The van der Waals surface area contributed by atoms with Gasteiger partial charge in [0.1, 0.15) is 0 Å². The summed E-state index contributed by atoms with van der Waals surface area (Å²) in [6.07, 6.45) is 1.70. The van der Waals surface area contributed by atoms with E-state index in [-0.39, 0.29) is 23.4 Å². The molecule has 0 bridgehead atoms. The lowest BCUT2D eigenvalue weighted by molar-refractivity contribution is 0.0487. The second-order valence-electron chi connectivity index (χ2n) is 7.92. The van der Waals surface area contributed by atoms with Crippen LogP contribution in [0, 0.1) is 0 Å². The first-order chi connectivity index (χ1) is 14.4. The molecule has 160 valence electrons. The summed E-state index contributed by atoms with van der Waals surface area (Å²) in [6, 6.07) is 15.0. The largest absolute Gasteiger partial charge is 0.381 e. The number of rotatable bonds is 6. The van der Waals surface area contributed by atoms with E-state index >= 15 is 0 Å². The normalized spacial score (nSPS) is 15.5. The van der Waals surface area contributed by atoms with Crippen LogP contribution in [-0.2, 0) is 10.2 Å². The molecule has 1 saturated heterocycles. The summed E-state index contributed by atoms with van der Waals surface area (Å²) >= 11 is 3.55. The van der Waals surface area contributed by atoms with Crippen molar-refractivity contribution in [2.75, 3.05) is 25.1 Å². The number of ether oxygens (including phenoxy) is 1. The molecule has 1 fully saturated rings. The minimum absolute atomic E-state index is 0.0326. The average Bonchev–Trinajstić information content (AvgIpc) is 2.72. The van der Waals surface area contributed by atoms with Crippen LogP contribution in [0.2, 0.25) is 0 Å². The average molecular weight is 474 g/mol. The van der Waals surface area contributed by atoms with Gasteiger partial charge in [0.05, 0.1) is 0 Å². The molecule has 6 nitrogen and oxygen atoms in total. The monoisotopic (exact) mass is 473 g/mol. The number of anilines is 1. The third kappa shape index (κ3) is 5.83. The highest BCUT2D eigenvalue weighted by atomic mass is 79.9. The van der Waals surface area contributed by atoms with Crippen molar-refractivity contribution in [3.8, 4) is 0 Å². The molecule has 0 saturated carbocycles. The minimum atomic E-state index is -0.293. The topological polar surface area (TPSA) is 79.5 Å². The molecular weight excluding hydrogens is 446 g/mol. The standard InChI is InChI=1S/C23H28BrN3O3/c1-16(2)26-22(29)27-20-8-3-5-17(13-20)21(28)25-15-23(9-11-30-12-10-23)18-6-4-7-19(24)14-18/h3-8,13-14,16H,9-12,15H2,1-2H3,(H,25,28)(H2,26,27,29). The first-order valence-electron chi connectivity index (χ1n) is 10.2. The van der Waals surface area contributed by atoms with Gasteiger partial charge in [-0.05, 0) is 62.6 Å². The van der Waals surface area contributed by atoms with Crippen molar-refractivity contribution in [1.82, 2.24) is 10.6 Å². The SMILES string of the molecule is CC(C)NC(=O)Nc1cccc(C(=O)NCC2(c3cccc(Br)c3)CCOCC2)c1. The van der Waals surface area contributed by atoms with E-state index in [2.05, 4.69) is 44.0 Å². The van der Waals surface area contributed by atoms with Crippen molar-refractivity contribution in [3.05, 3.63) is 64.1 Å². The first kappa shape index (κ1) is 22.3. The van der Waals surface area contributed by atoms with E-state index in [9.17, 15) is 9.59 Å². The summed E-state index contributed by atoms with van der Waals surface area (Å²) < 4.78 is 6.60. The molecule has 1 aliphatic rings. The van der Waals surface area contributed by atoms with Gasteiger partial charge in [0.25, 0.3) is 5.91 Å². The van der Waals surface area contributed by atoms with Crippen LogP contribution in [0.25, 0.3) is 0 Å². The highest BCUT2D eigenvalue weighted by Crippen LogP contribution is 2.35. The van der Waals surface area contributed by atoms with Crippen molar-refractivity contribution in [2.45, 2.75) is 38.1 Å². The fourth-order valence-electron chi connectivity index (χ4n) is 3.67. The maximum absolute atomic E-state index is 12.9. The van der Waals surface area contributed by atoms with E-state index in [1.54, 1.807) is 24.3 Å². The molecule has 0 aliphatic carbocycles. The van der Waals surface area contributed by atoms with E-state index in [1.807, 2.05) is 26.0 Å². The Morgan fingerprint density at radius 3 is 2.53 bits per heavy atom. The van der Waals surface area contributed by atoms with E-state index < -0.39 is 0 Å². The van der Waals surface area contributed by atoms with Crippen molar-refractivity contribution in [2.24, 2.45) is 0 Å². The molecule has 7 heteroatoms. The molecule has 0 unspecified atom stereocenters. The summed E-state index contributed by atoms with van der Waals surface area (Å²) in [6.45, 7) is 5.65. The predicted molar refractivity (Wildman–Crippen MR) is 122 cm³/mol. The smallest absolute Gasteiger partial charge is 0.319 e. The van der Waals surface area contributed by atoms with Crippen LogP contribution < -0.4 is 16.0 Å². The highest BCUT2D eigenvalue weighted by Gasteiger charge is 2.35. The summed E-state index contributed by atoms with van der Waals surface area (Å²) in [5.74, 6) is -0.163. The van der Waals surface area contributed by atoms with Crippen molar-refractivity contribution >= 4 is 33.6 Å². The van der Waals surface area contributed by atoms with Gasteiger partial charge in [-0.25, -0.2) is 4.79 Å². The second-order valence-corrected chi connectivity index (χ2v) is 8.84. The highest BCUT2D eigenvalue weighted by molar-refractivity contribution is 9.10. The Morgan fingerprint density at radius 2 is 1.83 bits per heavy atom. The van der Waals surface area contributed by atoms with Crippen LogP contribution in [0.1, 0.15) is 42.6 Å². The van der Waals surface area contributed by atoms with Gasteiger partial charge in [0.2, 0.25) is 0 Å². The van der Waals surface area contributed by atoms with E-state index in [1.165, 1.54) is 5.56 Å². The number of amides is 3. The number of carbonyl (C=O) groups is 2. The van der Waals surface area contributed by atoms with Crippen LogP contribution in [0.5, 0.6) is 0 Å². The number of hydrogen-bond donors (Lipinski definition) is 3. The number of benzene rings is 2. The summed E-state index contributed by atoms with van der Waals surface area (Å²) in [5.41, 5.74) is 2.12. The zero-order valence-corrected chi connectivity index (χ0v) is 18.9. The molecule has 3 amide bonds. The summed E-state index contributed by atoms with van der Waals surface area (Å²) in [4.78, 5) is 24.8. The molecule has 0 radical (unpaired) electrons. The van der Waals surface area contributed by atoms with Crippen LogP contribution >= 0.6 is 15.9 Å². The summed E-state index contributed by atoms with van der Waals surface area (Å²) in [5, 5.41) is 8.63. The van der Waals surface area contributed by atoms with Crippen LogP contribution in [-0.4, -0.2) is 37.7 Å². The maximum Gasteiger partial charge on any atom is 0.319 e. The molecule has 2 aromatic rings. The molecule has 3 rings (SSSR count). The van der Waals surface area contributed by atoms with Gasteiger partial charge in [0.15, 0.2) is 0 Å². The number of nitrogens with one attached hydrogen (secondary N) is 3. The van der Waals surface area contributed by atoms with Crippen LogP contribution in [0.3, 0.4) is 0 Å². The Morgan fingerprint density at radius 1 is 1.10 bits per heavy atom. The Kier molecular flexibility index (Phi) is 7.50. The van der Waals surface area contributed by atoms with Gasteiger partial charge in [-0.2, -0.15) is 0 Å². The number of carbonyl (C=O) groups excluding carboxylic acids is 2. The Hall–Kier alpha value is -2.38. The Labute approximate surface area is 185 Å². The molecule has 30 heavy (non-hydrogen) atoms. The van der Waals surface area contributed by atoms with Gasteiger partial charge in [-0.15, -0.1) is 0 Å². The minimum Gasteiger partial charge on any atom is -0.381 e. The number of urea groups is 1. The van der Waals surface area contributed by atoms with E-state index in [0.717, 1.165) is 17.3 Å². The fourth-order valence-corrected chi connectivity index (χ4v) is 4.07. The van der Waals surface area contributed by atoms with Crippen molar-refractivity contribution < 1.29 is 14.3 Å². The Balaban J connectivity index is 1.70. The lowest BCUT2D eigenvalue weighted by Crippen LogP contribution is -2.44. The second kappa shape index (κ2) is 10.1. The first-order valence-corrected chi connectivity index (χ1v) is 11.0. The van der Waals surface area contributed by atoms with Gasteiger partial charge in [-0.1, -0.05) is 34.1 Å². The molecule has 2 aromatic carbocycles. The zero-order valence-electron chi connectivity index (χ0n) is 17.3.